The third-order valence-corrected chi connectivity index (χ3v) is 4.26. The van der Waals surface area contributed by atoms with E-state index in [0.29, 0.717) is 17.5 Å². The predicted octanol–water partition coefficient (Wildman–Crippen LogP) is 4.53. The van der Waals surface area contributed by atoms with Crippen LogP contribution in [0.2, 0.25) is 0 Å². The minimum absolute atomic E-state index is 0.0980. The zero-order valence-electron chi connectivity index (χ0n) is 13.2. The Morgan fingerprint density at radius 2 is 1.59 bits per heavy atom. The molecule has 0 N–H and O–H groups in total. The molecule has 0 saturated heterocycles. The van der Waals surface area contributed by atoms with E-state index in [1.54, 1.807) is 6.26 Å². The summed E-state index contributed by atoms with van der Waals surface area (Å²) < 4.78 is 26.6. The Morgan fingerprint density at radius 3 is 2.00 bits per heavy atom. The fourth-order valence-electron chi connectivity index (χ4n) is 2.26. The van der Waals surface area contributed by atoms with Crippen molar-refractivity contribution in [3.05, 3.63) is 28.1 Å². The lowest BCUT2D eigenvalue weighted by molar-refractivity contribution is 0.106. The summed E-state index contributed by atoms with van der Waals surface area (Å²) in [5.74, 6) is 0.120. The van der Waals surface area contributed by atoms with E-state index < -0.39 is 17.2 Å². The molecule has 0 aliphatic rings. The third kappa shape index (κ3) is 4.07. The molecule has 1 aromatic rings. The van der Waals surface area contributed by atoms with Crippen molar-refractivity contribution in [2.24, 2.45) is 5.92 Å². The molecule has 0 bridgehead atoms. The van der Waals surface area contributed by atoms with Gasteiger partial charge in [0.15, 0.2) is 0 Å². The van der Waals surface area contributed by atoms with Gasteiger partial charge in [0.1, 0.15) is 5.69 Å². The van der Waals surface area contributed by atoms with E-state index in [4.69, 9.17) is 0 Å². The molecular weight excluding hydrogens is 328 g/mol. The van der Waals surface area contributed by atoms with E-state index in [9.17, 15) is 18.4 Å². The fourth-order valence-corrected chi connectivity index (χ4v) is 3.17. The van der Waals surface area contributed by atoms with Gasteiger partial charge in [0, 0.05) is 5.69 Å². The Hall–Kier alpha value is -0.950. The van der Waals surface area contributed by atoms with Crippen LogP contribution in [0, 0.1) is 12.8 Å². The highest BCUT2D eigenvalue weighted by molar-refractivity contribution is 8.13. The zero-order chi connectivity index (χ0) is 17.0. The van der Waals surface area contributed by atoms with Crippen LogP contribution < -0.4 is 0 Å². The molecule has 0 aliphatic carbocycles. The molecule has 1 rings (SSSR count). The number of rotatable bonds is 5. The summed E-state index contributed by atoms with van der Waals surface area (Å²) in [5.41, 5.74) is 0.326. The first-order valence-corrected chi connectivity index (χ1v) is 9.17. The number of carbonyl (C=O) groups is 2. The first kappa shape index (κ1) is 19.1. The lowest BCUT2D eigenvalue weighted by atomic mass is 9.92. The van der Waals surface area contributed by atoms with Gasteiger partial charge in [0.2, 0.25) is 10.2 Å². The van der Waals surface area contributed by atoms with Crippen LogP contribution in [0.3, 0.4) is 0 Å². The molecule has 0 unspecified atom stereocenters. The molecule has 0 fully saturated rings. The summed E-state index contributed by atoms with van der Waals surface area (Å²) in [7, 11) is 0. The molecule has 0 atom stereocenters. The summed E-state index contributed by atoms with van der Waals surface area (Å²) in [4.78, 5) is 28.2. The van der Waals surface area contributed by atoms with Gasteiger partial charge in [-0.3, -0.25) is 14.6 Å². The SMILES string of the molecule is CSC(=O)c1c(C)nc(C(F)F)c(C(=O)SC)c1CC(C)C. The summed E-state index contributed by atoms with van der Waals surface area (Å²) in [6, 6.07) is 0. The average Bonchev–Trinajstić information content (AvgIpc) is 2.44. The Bertz CT molecular complexity index is 589. The maximum absolute atomic E-state index is 13.3. The minimum atomic E-state index is -2.85. The summed E-state index contributed by atoms with van der Waals surface area (Å²) >= 11 is 1.85. The van der Waals surface area contributed by atoms with Gasteiger partial charge in [-0.05, 0) is 37.3 Å². The number of alkyl halides is 2. The van der Waals surface area contributed by atoms with Crippen molar-refractivity contribution in [1.82, 2.24) is 4.98 Å². The van der Waals surface area contributed by atoms with E-state index in [1.807, 2.05) is 13.8 Å². The van der Waals surface area contributed by atoms with E-state index in [-0.39, 0.29) is 22.3 Å². The van der Waals surface area contributed by atoms with Gasteiger partial charge in [0.05, 0.1) is 11.1 Å². The number of hydrogen-bond donors (Lipinski definition) is 0. The third-order valence-electron chi connectivity index (χ3n) is 3.11. The van der Waals surface area contributed by atoms with E-state index in [1.165, 1.54) is 13.2 Å². The van der Waals surface area contributed by atoms with Crippen LogP contribution in [-0.2, 0) is 6.42 Å². The van der Waals surface area contributed by atoms with Gasteiger partial charge in [-0.2, -0.15) is 0 Å². The predicted molar refractivity (Wildman–Crippen MR) is 88.2 cm³/mol. The van der Waals surface area contributed by atoms with Crippen molar-refractivity contribution in [2.45, 2.75) is 33.6 Å². The number of halogens is 2. The molecule has 0 aromatic carbocycles. The molecule has 0 aliphatic heterocycles. The Labute approximate surface area is 137 Å². The maximum atomic E-state index is 13.3. The van der Waals surface area contributed by atoms with Gasteiger partial charge in [-0.25, -0.2) is 8.78 Å². The first-order valence-electron chi connectivity index (χ1n) is 6.72. The second-order valence-corrected chi connectivity index (χ2v) is 6.75. The second-order valence-electron chi connectivity index (χ2n) is 5.19. The molecule has 1 heterocycles. The molecule has 0 saturated carbocycles. The summed E-state index contributed by atoms with van der Waals surface area (Å²) in [6.07, 6.45) is 0.686. The molecule has 0 radical (unpaired) electrons. The van der Waals surface area contributed by atoms with Gasteiger partial charge in [-0.1, -0.05) is 37.4 Å². The quantitative estimate of drug-likeness (QED) is 0.783. The van der Waals surface area contributed by atoms with E-state index in [0.717, 1.165) is 23.5 Å². The van der Waals surface area contributed by atoms with E-state index >= 15 is 0 Å². The van der Waals surface area contributed by atoms with Gasteiger partial charge in [-0.15, -0.1) is 0 Å². The highest BCUT2D eigenvalue weighted by atomic mass is 32.2. The molecule has 3 nitrogen and oxygen atoms in total. The van der Waals surface area contributed by atoms with Crippen molar-refractivity contribution >= 4 is 33.8 Å². The van der Waals surface area contributed by atoms with Crippen molar-refractivity contribution < 1.29 is 18.4 Å². The number of nitrogens with zero attached hydrogens (tertiary/aromatic N) is 1. The number of aryl methyl sites for hydroxylation is 1. The van der Waals surface area contributed by atoms with Crippen molar-refractivity contribution in [3.63, 3.8) is 0 Å². The van der Waals surface area contributed by atoms with Gasteiger partial charge >= 0.3 is 0 Å². The Morgan fingerprint density at radius 1 is 1.09 bits per heavy atom. The molecule has 22 heavy (non-hydrogen) atoms. The van der Waals surface area contributed by atoms with Crippen LogP contribution >= 0.6 is 23.5 Å². The molecule has 0 spiro atoms. The lowest BCUT2D eigenvalue weighted by Gasteiger charge is -2.19. The zero-order valence-corrected chi connectivity index (χ0v) is 14.8. The standard InChI is InChI=1S/C15H19F2NO2S2/c1-7(2)6-9-10(14(19)21-4)8(3)18-12(13(16)17)11(9)15(20)22-5/h7,13H,6H2,1-5H3. The second kappa shape index (κ2) is 8.06. The lowest BCUT2D eigenvalue weighted by Crippen LogP contribution is -2.17. The number of carbonyl (C=O) groups excluding carboxylic acids is 2. The van der Waals surface area contributed by atoms with Crippen LogP contribution in [0.1, 0.15) is 57.9 Å². The number of pyridine rings is 1. The van der Waals surface area contributed by atoms with Gasteiger partial charge in [0.25, 0.3) is 6.43 Å². The summed E-state index contributed by atoms with van der Waals surface area (Å²) in [5, 5.41) is -0.731. The Kier molecular flexibility index (Phi) is 6.99. The molecule has 122 valence electrons. The van der Waals surface area contributed by atoms with Crippen molar-refractivity contribution in [1.29, 1.82) is 0 Å². The van der Waals surface area contributed by atoms with Crippen molar-refractivity contribution in [3.8, 4) is 0 Å². The topological polar surface area (TPSA) is 47.0 Å². The molecule has 1 aromatic heterocycles. The Balaban J connectivity index is 3.79. The van der Waals surface area contributed by atoms with Crippen LogP contribution in [-0.4, -0.2) is 27.7 Å². The number of hydrogen-bond acceptors (Lipinski definition) is 5. The summed E-state index contributed by atoms with van der Waals surface area (Å²) in [6.45, 7) is 5.36. The van der Waals surface area contributed by atoms with Crippen LogP contribution in [0.4, 0.5) is 8.78 Å². The van der Waals surface area contributed by atoms with Crippen LogP contribution in [0.15, 0.2) is 0 Å². The van der Waals surface area contributed by atoms with Crippen LogP contribution in [0.25, 0.3) is 0 Å². The number of thioether (sulfide) groups is 2. The normalized spacial score (nSPS) is 11.3. The average molecular weight is 347 g/mol. The first-order chi connectivity index (χ1) is 10.2. The minimum Gasteiger partial charge on any atom is -0.282 e. The molecular formula is C15H19F2NO2S2. The smallest absolute Gasteiger partial charge is 0.281 e. The molecule has 7 heteroatoms. The maximum Gasteiger partial charge on any atom is 0.281 e. The largest absolute Gasteiger partial charge is 0.282 e. The highest BCUT2D eigenvalue weighted by Gasteiger charge is 2.29. The van der Waals surface area contributed by atoms with Crippen LogP contribution in [0.5, 0.6) is 0 Å². The van der Waals surface area contributed by atoms with Crippen molar-refractivity contribution in [2.75, 3.05) is 12.5 Å². The number of aromatic nitrogens is 1. The monoisotopic (exact) mass is 347 g/mol. The van der Waals surface area contributed by atoms with Gasteiger partial charge < -0.3 is 0 Å². The fraction of sp³-hybridized carbons (Fsp3) is 0.533. The highest BCUT2D eigenvalue weighted by Crippen LogP contribution is 2.33. The van der Waals surface area contributed by atoms with E-state index in [2.05, 4.69) is 4.98 Å². The molecule has 0 amide bonds.